The SMILES string of the molecule is CCC(CC(N)=NO)Nc1ccc(F)cc1C. The molecule has 0 radical (unpaired) electrons. The Morgan fingerprint density at radius 2 is 2.29 bits per heavy atom. The molecule has 0 aliphatic rings. The molecule has 1 atom stereocenters. The third-order valence-electron chi connectivity index (χ3n) is 2.62. The Hall–Kier alpha value is -1.78. The van der Waals surface area contributed by atoms with E-state index >= 15 is 0 Å². The normalized spacial score (nSPS) is 13.5. The summed E-state index contributed by atoms with van der Waals surface area (Å²) in [5, 5.41) is 14.7. The predicted octanol–water partition coefficient (Wildman–Crippen LogP) is 2.46. The Labute approximate surface area is 100 Å². The van der Waals surface area contributed by atoms with Crippen LogP contribution in [-0.2, 0) is 0 Å². The number of rotatable bonds is 5. The van der Waals surface area contributed by atoms with Crippen LogP contribution in [0, 0.1) is 12.7 Å². The fourth-order valence-electron chi connectivity index (χ4n) is 1.60. The highest BCUT2D eigenvalue weighted by atomic mass is 19.1. The van der Waals surface area contributed by atoms with Gasteiger partial charge in [-0.15, -0.1) is 0 Å². The minimum atomic E-state index is -0.252. The number of halogens is 1. The zero-order valence-electron chi connectivity index (χ0n) is 10.1. The maximum absolute atomic E-state index is 12.9. The van der Waals surface area contributed by atoms with Crippen LogP contribution in [0.25, 0.3) is 0 Å². The van der Waals surface area contributed by atoms with E-state index < -0.39 is 0 Å². The highest BCUT2D eigenvalue weighted by molar-refractivity contribution is 5.80. The van der Waals surface area contributed by atoms with Crippen LogP contribution in [0.3, 0.4) is 0 Å². The Balaban J connectivity index is 2.73. The Morgan fingerprint density at radius 1 is 1.59 bits per heavy atom. The van der Waals surface area contributed by atoms with Gasteiger partial charge in [0.2, 0.25) is 0 Å². The zero-order valence-corrected chi connectivity index (χ0v) is 10.1. The van der Waals surface area contributed by atoms with Gasteiger partial charge in [0.05, 0.1) is 0 Å². The van der Waals surface area contributed by atoms with E-state index in [4.69, 9.17) is 10.9 Å². The maximum atomic E-state index is 12.9. The lowest BCUT2D eigenvalue weighted by molar-refractivity contribution is 0.316. The van der Waals surface area contributed by atoms with E-state index in [1.54, 1.807) is 6.07 Å². The first kappa shape index (κ1) is 13.3. The first-order chi connectivity index (χ1) is 8.06. The summed E-state index contributed by atoms with van der Waals surface area (Å²) in [7, 11) is 0. The van der Waals surface area contributed by atoms with Crippen molar-refractivity contribution >= 4 is 11.5 Å². The molecule has 0 amide bonds. The van der Waals surface area contributed by atoms with E-state index in [2.05, 4.69) is 10.5 Å². The van der Waals surface area contributed by atoms with E-state index in [1.807, 2.05) is 13.8 Å². The van der Waals surface area contributed by atoms with E-state index in [9.17, 15) is 4.39 Å². The molecule has 0 aromatic heterocycles. The largest absolute Gasteiger partial charge is 0.409 e. The molecule has 0 fully saturated rings. The molecular formula is C12H18FN3O. The molecule has 17 heavy (non-hydrogen) atoms. The van der Waals surface area contributed by atoms with Crippen molar-refractivity contribution in [1.29, 1.82) is 0 Å². The van der Waals surface area contributed by atoms with Gasteiger partial charge in [-0.3, -0.25) is 0 Å². The van der Waals surface area contributed by atoms with Crippen LogP contribution in [0.4, 0.5) is 10.1 Å². The van der Waals surface area contributed by atoms with Gasteiger partial charge in [0.15, 0.2) is 0 Å². The summed E-state index contributed by atoms with van der Waals surface area (Å²) in [5.74, 6) is -0.0679. The molecule has 1 aromatic rings. The lowest BCUT2D eigenvalue weighted by Gasteiger charge is -2.19. The molecule has 0 spiro atoms. The molecule has 5 heteroatoms. The van der Waals surface area contributed by atoms with Gasteiger partial charge >= 0.3 is 0 Å². The van der Waals surface area contributed by atoms with Gasteiger partial charge in [-0.25, -0.2) is 4.39 Å². The Morgan fingerprint density at radius 3 is 2.82 bits per heavy atom. The second-order valence-corrected chi connectivity index (χ2v) is 4.00. The molecule has 0 saturated carbocycles. The molecule has 4 N–H and O–H groups in total. The molecular weight excluding hydrogens is 221 g/mol. The number of aryl methyl sites for hydroxylation is 1. The average Bonchev–Trinajstić information content (AvgIpc) is 2.31. The number of nitrogens with two attached hydrogens (primary N) is 1. The first-order valence-corrected chi connectivity index (χ1v) is 5.56. The molecule has 0 aliphatic carbocycles. The summed E-state index contributed by atoms with van der Waals surface area (Å²) < 4.78 is 12.9. The van der Waals surface area contributed by atoms with Crippen molar-refractivity contribution in [2.24, 2.45) is 10.9 Å². The summed E-state index contributed by atoms with van der Waals surface area (Å²) in [6.45, 7) is 3.84. The minimum Gasteiger partial charge on any atom is -0.409 e. The number of hydrogen-bond acceptors (Lipinski definition) is 3. The maximum Gasteiger partial charge on any atom is 0.141 e. The van der Waals surface area contributed by atoms with Crippen molar-refractivity contribution in [2.75, 3.05) is 5.32 Å². The summed E-state index contributed by atoms with van der Waals surface area (Å²) in [6.07, 6.45) is 1.27. The number of hydrogen-bond donors (Lipinski definition) is 3. The Kier molecular flexibility index (Phi) is 4.75. The average molecular weight is 239 g/mol. The number of anilines is 1. The van der Waals surface area contributed by atoms with Crippen LogP contribution < -0.4 is 11.1 Å². The van der Waals surface area contributed by atoms with Crippen molar-refractivity contribution in [3.8, 4) is 0 Å². The van der Waals surface area contributed by atoms with E-state index in [0.29, 0.717) is 6.42 Å². The highest BCUT2D eigenvalue weighted by Gasteiger charge is 2.10. The number of benzene rings is 1. The monoisotopic (exact) mass is 239 g/mol. The molecule has 1 rings (SSSR count). The number of amidine groups is 1. The van der Waals surface area contributed by atoms with Crippen molar-refractivity contribution < 1.29 is 9.60 Å². The van der Waals surface area contributed by atoms with Crippen LogP contribution in [0.5, 0.6) is 0 Å². The number of nitrogens with zero attached hydrogens (tertiary/aromatic N) is 1. The van der Waals surface area contributed by atoms with Crippen LogP contribution in [-0.4, -0.2) is 17.1 Å². The molecule has 4 nitrogen and oxygen atoms in total. The van der Waals surface area contributed by atoms with Gasteiger partial charge in [0.25, 0.3) is 0 Å². The fourth-order valence-corrected chi connectivity index (χ4v) is 1.60. The summed E-state index contributed by atoms with van der Waals surface area (Å²) in [5.41, 5.74) is 7.17. The lowest BCUT2D eigenvalue weighted by atomic mass is 10.1. The second-order valence-electron chi connectivity index (χ2n) is 4.00. The summed E-state index contributed by atoms with van der Waals surface area (Å²) in [4.78, 5) is 0. The van der Waals surface area contributed by atoms with Gasteiger partial charge in [0.1, 0.15) is 11.7 Å². The second kappa shape index (κ2) is 6.08. The van der Waals surface area contributed by atoms with Crippen molar-refractivity contribution in [3.05, 3.63) is 29.6 Å². The summed E-state index contributed by atoms with van der Waals surface area (Å²) >= 11 is 0. The molecule has 0 bridgehead atoms. The fraction of sp³-hybridized carbons (Fsp3) is 0.417. The van der Waals surface area contributed by atoms with Crippen LogP contribution in [0.15, 0.2) is 23.4 Å². The van der Waals surface area contributed by atoms with Gasteiger partial charge in [-0.2, -0.15) is 0 Å². The third-order valence-corrected chi connectivity index (χ3v) is 2.62. The van der Waals surface area contributed by atoms with Gasteiger partial charge in [-0.05, 0) is 37.1 Å². The van der Waals surface area contributed by atoms with E-state index in [-0.39, 0.29) is 17.7 Å². The minimum absolute atomic E-state index is 0.0649. The van der Waals surface area contributed by atoms with Crippen LogP contribution in [0.1, 0.15) is 25.3 Å². The highest BCUT2D eigenvalue weighted by Crippen LogP contribution is 2.18. The van der Waals surface area contributed by atoms with E-state index in [1.165, 1.54) is 12.1 Å². The molecule has 94 valence electrons. The third kappa shape index (κ3) is 3.94. The summed E-state index contributed by atoms with van der Waals surface area (Å²) in [6, 6.07) is 4.64. The quantitative estimate of drug-likeness (QED) is 0.320. The van der Waals surface area contributed by atoms with Crippen LogP contribution in [0.2, 0.25) is 0 Å². The van der Waals surface area contributed by atoms with Crippen LogP contribution >= 0.6 is 0 Å². The van der Waals surface area contributed by atoms with Gasteiger partial charge < -0.3 is 16.3 Å². The van der Waals surface area contributed by atoms with Crippen molar-refractivity contribution in [3.63, 3.8) is 0 Å². The Bertz CT molecular complexity index is 407. The topological polar surface area (TPSA) is 70.6 Å². The smallest absolute Gasteiger partial charge is 0.141 e. The van der Waals surface area contributed by atoms with Crippen molar-refractivity contribution in [1.82, 2.24) is 0 Å². The van der Waals surface area contributed by atoms with Crippen molar-refractivity contribution in [2.45, 2.75) is 32.7 Å². The molecule has 1 aromatic carbocycles. The number of nitrogens with one attached hydrogen (secondary N) is 1. The lowest BCUT2D eigenvalue weighted by Crippen LogP contribution is -2.26. The van der Waals surface area contributed by atoms with Gasteiger partial charge in [0, 0.05) is 18.2 Å². The molecule has 1 unspecified atom stereocenters. The molecule has 0 aliphatic heterocycles. The molecule has 0 saturated heterocycles. The van der Waals surface area contributed by atoms with E-state index in [0.717, 1.165) is 17.7 Å². The zero-order chi connectivity index (χ0) is 12.8. The standard InChI is InChI=1S/C12H18FN3O/c1-3-10(7-12(14)16-17)15-11-5-4-9(13)6-8(11)2/h4-6,10,15,17H,3,7H2,1-2H3,(H2,14,16). The molecule has 0 heterocycles. The first-order valence-electron chi connectivity index (χ1n) is 5.56. The predicted molar refractivity (Wildman–Crippen MR) is 66.9 cm³/mol. The van der Waals surface area contributed by atoms with Gasteiger partial charge in [-0.1, -0.05) is 12.1 Å². The number of oxime groups is 1.